The van der Waals surface area contributed by atoms with Crippen LogP contribution in [-0.2, 0) is 17.8 Å². The van der Waals surface area contributed by atoms with Gasteiger partial charge >= 0.3 is 12.1 Å². The lowest BCUT2D eigenvalue weighted by molar-refractivity contribution is -0.136. The molecular weight excluding hydrogens is 536 g/mol. The van der Waals surface area contributed by atoms with Gasteiger partial charge in [0.2, 0.25) is 5.88 Å². The molecule has 42 heavy (non-hydrogen) atoms. The number of piperazine rings is 1. The van der Waals surface area contributed by atoms with Crippen molar-refractivity contribution < 1.29 is 24.2 Å². The van der Waals surface area contributed by atoms with Gasteiger partial charge in [-0.25, -0.2) is 14.8 Å². The molecule has 1 unspecified atom stereocenters. The molecule has 0 radical (unpaired) electrons. The fourth-order valence-corrected chi connectivity index (χ4v) is 5.26. The monoisotopic (exact) mass is 572 g/mol. The Kier molecular flexibility index (Phi) is 9.28. The zero-order chi connectivity index (χ0) is 29.5. The number of anilines is 2. The smallest absolute Gasteiger partial charge is 0.416 e. The second kappa shape index (κ2) is 13.4. The van der Waals surface area contributed by atoms with Gasteiger partial charge in [0, 0.05) is 56.6 Å². The van der Waals surface area contributed by atoms with Crippen molar-refractivity contribution in [2.24, 2.45) is 0 Å². The molecular formula is C31H36N6O5. The zero-order valence-electron chi connectivity index (χ0n) is 23.7. The number of ether oxygens (including phenoxy) is 1. The van der Waals surface area contributed by atoms with E-state index in [0.717, 1.165) is 18.9 Å². The molecule has 2 aliphatic heterocycles. The van der Waals surface area contributed by atoms with E-state index in [-0.39, 0.29) is 18.2 Å². The van der Waals surface area contributed by atoms with Crippen LogP contribution in [0, 0.1) is 0 Å². The van der Waals surface area contributed by atoms with Gasteiger partial charge in [0.25, 0.3) is 5.91 Å². The fraction of sp³-hybridized carbons (Fsp3) is 0.387. The van der Waals surface area contributed by atoms with Gasteiger partial charge in [-0.05, 0) is 61.7 Å². The number of aromatic nitrogens is 2. The van der Waals surface area contributed by atoms with Gasteiger partial charge in [-0.15, -0.1) is 0 Å². The molecule has 11 heteroatoms. The van der Waals surface area contributed by atoms with Crippen LogP contribution in [0.25, 0.3) is 0 Å². The number of hydrogen-bond donors (Lipinski definition) is 2. The second-order valence-electron chi connectivity index (χ2n) is 10.8. The third kappa shape index (κ3) is 7.61. The maximum Gasteiger partial charge on any atom is 0.416 e. The minimum absolute atomic E-state index is 0.0688. The van der Waals surface area contributed by atoms with E-state index in [1.165, 1.54) is 31.0 Å². The van der Waals surface area contributed by atoms with E-state index in [9.17, 15) is 14.4 Å². The Morgan fingerprint density at radius 1 is 0.905 bits per heavy atom. The predicted molar refractivity (Wildman–Crippen MR) is 158 cm³/mol. The molecule has 2 saturated heterocycles. The average molecular weight is 573 g/mol. The quantitative estimate of drug-likeness (QED) is 0.411. The van der Waals surface area contributed by atoms with Crippen molar-refractivity contribution in [3.8, 4) is 5.88 Å². The van der Waals surface area contributed by atoms with Gasteiger partial charge in [0.15, 0.2) is 0 Å². The van der Waals surface area contributed by atoms with Crippen molar-refractivity contribution in [1.29, 1.82) is 0 Å². The lowest BCUT2D eigenvalue weighted by Gasteiger charge is -2.34. The standard InChI is InChI=1S/C31H36N6O5/c1-22-4-2-3-13-37(22)21-23-5-8-25(9-6-23)30(40)34-26-10-12-28(33-20-26)42-31(41)36-16-14-35(15-17-36)27-11-7-24(19-32-27)18-29(38)39/h5-12,19-20,22H,2-4,13-18,21H2,1H3,(H,34,40)(H,38,39). The highest BCUT2D eigenvalue weighted by molar-refractivity contribution is 6.04. The summed E-state index contributed by atoms with van der Waals surface area (Å²) in [7, 11) is 0. The van der Waals surface area contributed by atoms with Crippen LogP contribution in [0.5, 0.6) is 5.88 Å². The number of piperidine rings is 1. The molecule has 2 N–H and O–H groups in total. The van der Waals surface area contributed by atoms with Gasteiger partial charge in [-0.3, -0.25) is 14.5 Å². The average Bonchev–Trinajstić information content (AvgIpc) is 3.00. The predicted octanol–water partition coefficient (Wildman–Crippen LogP) is 4.05. The summed E-state index contributed by atoms with van der Waals surface area (Å²) in [6.45, 7) is 6.31. The highest BCUT2D eigenvalue weighted by atomic mass is 16.6. The summed E-state index contributed by atoms with van der Waals surface area (Å²) in [6, 6.07) is 15.0. The van der Waals surface area contributed by atoms with Crippen LogP contribution in [0.3, 0.4) is 0 Å². The minimum Gasteiger partial charge on any atom is -0.481 e. The number of aliphatic carboxylic acids is 1. The molecule has 1 aromatic carbocycles. The normalized spacial score (nSPS) is 17.5. The van der Waals surface area contributed by atoms with Crippen LogP contribution in [0.4, 0.5) is 16.3 Å². The maximum absolute atomic E-state index is 12.8. The summed E-state index contributed by atoms with van der Waals surface area (Å²) in [5.41, 5.74) is 2.89. The highest BCUT2D eigenvalue weighted by Crippen LogP contribution is 2.20. The number of benzene rings is 1. The molecule has 2 aromatic heterocycles. The first-order valence-electron chi connectivity index (χ1n) is 14.3. The Morgan fingerprint density at radius 3 is 2.31 bits per heavy atom. The van der Waals surface area contributed by atoms with Gasteiger partial charge < -0.3 is 25.0 Å². The third-order valence-corrected chi connectivity index (χ3v) is 7.75. The number of nitrogens with one attached hydrogen (secondary N) is 1. The van der Waals surface area contributed by atoms with E-state index in [4.69, 9.17) is 9.84 Å². The fourth-order valence-electron chi connectivity index (χ4n) is 5.26. The van der Waals surface area contributed by atoms with Crippen LogP contribution >= 0.6 is 0 Å². The largest absolute Gasteiger partial charge is 0.481 e. The van der Waals surface area contributed by atoms with Gasteiger partial charge in [0.05, 0.1) is 18.3 Å². The minimum atomic E-state index is -0.899. The number of carboxylic acid groups (broad SMARTS) is 1. The number of pyridine rings is 2. The molecule has 11 nitrogen and oxygen atoms in total. The van der Waals surface area contributed by atoms with E-state index in [2.05, 4.69) is 27.1 Å². The Morgan fingerprint density at radius 2 is 1.67 bits per heavy atom. The summed E-state index contributed by atoms with van der Waals surface area (Å²) < 4.78 is 5.44. The van der Waals surface area contributed by atoms with E-state index in [1.54, 1.807) is 35.4 Å². The van der Waals surface area contributed by atoms with Gasteiger partial charge in [-0.2, -0.15) is 0 Å². The Bertz CT molecular complexity index is 1370. The Hall–Kier alpha value is -4.51. The molecule has 0 saturated carbocycles. The number of carboxylic acids is 1. The number of amides is 2. The van der Waals surface area contributed by atoms with Gasteiger partial charge in [-0.1, -0.05) is 24.6 Å². The van der Waals surface area contributed by atoms with Crippen LogP contribution < -0.4 is 15.0 Å². The molecule has 0 aliphatic carbocycles. The molecule has 3 aromatic rings. The van der Waals surface area contributed by atoms with E-state index < -0.39 is 12.1 Å². The molecule has 0 bridgehead atoms. The summed E-state index contributed by atoms with van der Waals surface area (Å²) in [4.78, 5) is 50.9. The maximum atomic E-state index is 12.8. The summed E-state index contributed by atoms with van der Waals surface area (Å²) >= 11 is 0. The first kappa shape index (κ1) is 29.0. The highest BCUT2D eigenvalue weighted by Gasteiger charge is 2.24. The van der Waals surface area contributed by atoms with Crippen LogP contribution in [0.1, 0.15) is 47.7 Å². The first-order chi connectivity index (χ1) is 20.3. The molecule has 220 valence electrons. The molecule has 4 heterocycles. The lowest BCUT2D eigenvalue weighted by atomic mass is 10.0. The number of carbonyl (C=O) groups excluding carboxylic acids is 2. The van der Waals surface area contributed by atoms with Gasteiger partial charge in [0.1, 0.15) is 5.82 Å². The second-order valence-corrected chi connectivity index (χ2v) is 10.8. The summed E-state index contributed by atoms with van der Waals surface area (Å²) in [6.07, 6.45) is 6.22. The van der Waals surface area contributed by atoms with Crippen LogP contribution in [0.2, 0.25) is 0 Å². The third-order valence-electron chi connectivity index (χ3n) is 7.75. The van der Waals surface area contributed by atoms with Crippen molar-refractivity contribution >= 4 is 29.5 Å². The number of nitrogens with zero attached hydrogens (tertiary/aromatic N) is 5. The van der Waals surface area contributed by atoms with E-state index in [1.807, 2.05) is 29.2 Å². The first-order valence-corrected chi connectivity index (χ1v) is 14.3. The number of likely N-dealkylation sites (tertiary alicyclic amines) is 1. The SMILES string of the molecule is CC1CCCCN1Cc1ccc(C(=O)Nc2ccc(OC(=O)N3CCN(c4ccc(CC(=O)O)cn4)CC3)nc2)cc1. The van der Waals surface area contributed by atoms with E-state index >= 15 is 0 Å². The van der Waals surface area contributed by atoms with Crippen molar-refractivity contribution in [3.63, 3.8) is 0 Å². The van der Waals surface area contributed by atoms with Crippen molar-refractivity contribution in [1.82, 2.24) is 19.8 Å². The van der Waals surface area contributed by atoms with Crippen molar-refractivity contribution in [3.05, 3.63) is 77.6 Å². The van der Waals surface area contributed by atoms with Crippen LogP contribution in [0.15, 0.2) is 60.9 Å². The molecule has 2 aliphatic rings. The number of rotatable bonds is 8. The molecule has 2 fully saturated rings. The summed E-state index contributed by atoms with van der Waals surface area (Å²) in [5, 5.41) is 11.7. The topological polar surface area (TPSA) is 128 Å². The number of carbonyl (C=O) groups is 3. The van der Waals surface area contributed by atoms with Crippen LogP contribution in [-0.4, -0.2) is 81.6 Å². The molecule has 0 spiro atoms. The zero-order valence-corrected chi connectivity index (χ0v) is 23.7. The number of hydrogen-bond acceptors (Lipinski definition) is 8. The van der Waals surface area contributed by atoms with Crippen molar-refractivity contribution in [2.45, 2.75) is 45.2 Å². The lowest BCUT2D eigenvalue weighted by Crippen LogP contribution is -2.49. The molecule has 1 atom stereocenters. The summed E-state index contributed by atoms with van der Waals surface area (Å²) in [5.74, 6) is -0.250. The van der Waals surface area contributed by atoms with E-state index in [0.29, 0.717) is 49.0 Å². The Labute approximate surface area is 245 Å². The van der Waals surface area contributed by atoms with Crippen molar-refractivity contribution in [2.75, 3.05) is 42.9 Å². The Balaban J connectivity index is 1.07. The molecule has 2 amide bonds. The molecule has 5 rings (SSSR count).